The molecule has 3 unspecified atom stereocenters. The first-order valence-electron chi connectivity index (χ1n) is 3.51. The second kappa shape index (κ2) is 4.24. The Bertz CT molecular complexity index is 91.7. The van der Waals surface area contributed by atoms with E-state index in [2.05, 4.69) is 12.0 Å². The average Bonchev–Trinajstić information content (AvgIpc) is 2.05. The first kappa shape index (κ1) is 8.41. The summed E-state index contributed by atoms with van der Waals surface area (Å²) in [4.78, 5) is 0. The van der Waals surface area contributed by atoms with Gasteiger partial charge in [0, 0.05) is 13.1 Å². The highest BCUT2D eigenvalue weighted by Crippen LogP contribution is 2.18. The molecule has 1 rings (SSSR count). The van der Waals surface area contributed by atoms with Crippen LogP contribution in [-0.4, -0.2) is 43.4 Å². The minimum absolute atomic E-state index is 0.0196. The van der Waals surface area contributed by atoms with Crippen LogP contribution < -0.4 is 5.32 Å². The van der Waals surface area contributed by atoms with Crippen molar-refractivity contribution in [2.75, 3.05) is 26.4 Å². The molecule has 0 aromatic carbocycles. The smallest absolute Gasteiger partial charge is 0.0938 e. The largest absolute Gasteiger partial charge is 0.394 e. The SMILES string of the molecule is CPC1CNCC(CO)O1. The molecule has 3 atom stereocenters. The van der Waals surface area contributed by atoms with E-state index in [0.717, 1.165) is 21.7 Å². The van der Waals surface area contributed by atoms with Gasteiger partial charge < -0.3 is 15.2 Å². The van der Waals surface area contributed by atoms with Gasteiger partial charge in [-0.2, -0.15) is 0 Å². The van der Waals surface area contributed by atoms with Crippen molar-refractivity contribution in [2.24, 2.45) is 0 Å². The lowest BCUT2D eigenvalue weighted by molar-refractivity contribution is -0.0234. The van der Waals surface area contributed by atoms with Crippen LogP contribution in [0, 0.1) is 0 Å². The first-order chi connectivity index (χ1) is 4.86. The lowest BCUT2D eigenvalue weighted by Gasteiger charge is -2.28. The van der Waals surface area contributed by atoms with Gasteiger partial charge >= 0.3 is 0 Å². The molecule has 0 aromatic rings. The molecule has 1 aliphatic heterocycles. The lowest BCUT2D eigenvalue weighted by Crippen LogP contribution is -2.44. The third-order valence-corrected chi connectivity index (χ3v) is 2.57. The Balaban J connectivity index is 2.25. The zero-order valence-corrected chi connectivity index (χ0v) is 7.13. The Hall–Kier alpha value is 0.310. The van der Waals surface area contributed by atoms with Crippen molar-refractivity contribution in [1.29, 1.82) is 0 Å². The number of hydrogen-bond acceptors (Lipinski definition) is 3. The summed E-state index contributed by atoms with van der Waals surface area (Å²) in [5.41, 5.74) is 0. The summed E-state index contributed by atoms with van der Waals surface area (Å²) in [5, 5.41) is 12.0. The highest BCUT2D eigenvalue weighted by atomic mass is 31.1. The third-order valence-electron chi connectivity index (χ3n) is 1.58. The van der Waals surface area contributed by atoms with Gasteiger partial charge in [-0.1, -0.05) is 8.58 Å². The first-order valence-corrected chi connectivity index (χ1v) is 5.09. The summed E-state index contributed by atoms with van der Waals surface area (Å²) in [7, 11) is 0.800. The maximum Gasteiger partial charge on any atom is 0.0938 e. The topological polar surface area (TPSA) is 41.5 Å². The summed E-state index contributed by atoms with van der Waals surface area (Å²) in [6.45, 7) is 3.98. The standard InChI is InChI=1S/C6H14NO2P/c1-10-6-3-7-2-5(4-8)9-6/h5-8,10H,2-4H2,1H3. The Morgan fingerprint density at radius 2 is 2.50 bits per heavy atom. The number of ether oxygens (including phenoxy) is 1. The van der Waals surface area contributed by atoms with E-state index in [4.69, 9.17) is 9.84 Å². The van der Waals surface area contributed by atoms with E-state index in [1.165, 1.54) is 0 Å². The van der Waals surface area contributed by atoms with E-state index in [-0.39, 0.29) is 12.7 Å². The maximum absolute atomic E-state index is 8.74. The van der Waals surface area contributed by atoms with Gasteiger partial charge in [-0.15, -0.1) is 0 Å². The lowest BCUT2D eigenvalue weighted by atomic mass is 10.3. The summed E-state index contributed by atoms with van der Waals surface area (Å²) < 4.78 is 5.48. The van der Waals surface area contributed by atoms with Crippen molar-refractivity contribution in [2.45, 2.75) is 11.9 Å². The molecule has 2 N–H and O–H groups in total. The highest BCUT2D eigenvalue weighted by molar-refractivity contribution is 7.37. The van der Waals surface area contributed by atoms with Gasteiger partial charge in [-0.3, -0.25) is 0 Å². The molecule has 60 valence electrons. The molecular weight excluding hydrogens is 149 g/mol. The molecule has 0 spiro atoms. The summed E-state index contributed by atoms with van der Waals surface area (Å²) in [6, 6.07) is 0. The van der Waals surface area contributed by atoms with Crippen molar-refractivity contribution >= 4 is 8.58 Å². The normalized spacial score (nSPS) is 35.4. The third kappa shape index (κ3) is 2.17. The van der Waals surface area contributed by atoms with Crippen LogP contribution in [0.5, 0.6) is 0 Å². The fourth-order valence-electron chi connectivity index (χ4n) is 0.982. The van der Waals surface area contributed by atoms with Crippen molar-refractivity contribution < 1.29 is 9.84 Å². The van der Waals surface area contributed by atoms with Crippen LogP contribution in [0.25, 0.3) is 0 Å². The molecule has 0 radical (unpaired) electrons. The quantitative estimate of drug-likeness (QED) is 0.544. The molecule has 0 aromatic heterocycles. The molecule has 0 aliphatic carbocycles. The molecule has 1 fully saturated rings. The van der Waals surface area contributed by atoms with Gasteiger partial charge in [0.05, 0.1) is 18.6 Å². The van der Waals surface area contributed by atoms with Gasteiger partial charge in [-0.05, 0) is 6.66 Å². The Morgan fingerprint density at radius 1 is 1.70 bits per heavy atom. The van der Waals surface area contributed by atoms with Crippen LogP contribution in [0.2, 0.25) is 0 Å². The molecule has 3 nitrogen and oxygen atoms in total. The second-order valence-electron chi connectivity index (χ2n) is 2.38. The fraction of sp³-hybridized carbons (Fsp3) is 1.00. The summed E-state index contributed by atoms with van der Waals surface area (Å²) in [5.74, 6) is 0.325. The predicted molar refractivity (Wildman–Crippen MR) is 42.9 cm³/mol. The number of aliphatic hydroxyl groups is 1. The monoisotopic (exact) mass is 163 g/mol. The predicted octanol–water partition coefficient (Wildman–Crippen LogP) is -0.399. The van der Waals surface area contributed by atoms with Crippen LogP contribution in [0.1, 0.15) is 0 Å². The molecule has 1 aliphatic rings. The Morgan fingerprint density at radius 3 is 3.10 bits per heavy atom. The van der Waals surface area contributed by atoms with E-state index in [1.54, 1.807) is 0 Å². The van der Waals surface area contributed by atoms with Crippen LogP contribution in [0.15, 0.2) is 0 Å². The van der Waals surface area contributed by atoms with Crippen molar-refractivity contribution in [1.82, 2.24) is 5.32 Å². The number of aliphatic hydroxyl groups excluding tert-OH is 1. The molecule has 4 heteroatoms. The Labute approximate surface area is 62.9 Å². The van der Waals surface area contributed by atoms with Gasteiger partial charge in [0.15, 0.2) is 0 Å². The van der Waals surface area contributed by atoms with Crippen LogP contribution >= 0.6 is 8.58 Å². The minimum Gasteiger partial charge on any atom is -0.394 e. The van der Waals surface area contributed by atoms with Crippen molar-refractivity contribution in [3.8, 4) is 0 Å². The molecule has 1 saturated heterocycles. The van der Waals surface area contributed by atoms with Gasteiger partial charge in [0.25, 0.3) is 0 Å². The van der Waals surface area contributed by atoms with Crippen molar-refractivity contribution in [3.05, 3.63) is 0 Å². The Kier molecular flexibility index (Phi) is 3.57. The molecule has 1 heterocycles. The highest BCUT2D eigenvalue weighted by Gasteiger charge is 2.19. The number of nitrogens with one attached hydrogen (secondary N) is 1. The van der Waals surface area contributed by atoms with Crippen LogP contribution in [0.4, 0.5) is 0 Å². The van der Waals surface area contributed by atoms with Crippen molar-refractivity contribution in [3.63, 3.8) is 0 Å². The summed E-state index contributed by atoms with van der Waals surface area (Å²) >= 11 is 0. The number of morpholine rings is 1. The van der Waals surface area contributed by atoms with Gasteiger partial charge in [-0.25, -0.2) is 0 Å². The summed E-state index contributed by atoms with van der Waals surface area (Å²) in [6.07, 6.45) is 0.0196. The number of hydrogen-bond donors (Lipinski definition) is 2. The minimum atomic E-state index is 0.0196. The number of rotatable bonds is 2. The van der Waals surface area contributed by atoms with E-state index in [1.807, 2.05) is 0 Å². The molecule has 0 amide bonds. The van der Waals surface area contributed by atoms with Crippen LogP contribution in [0.3, 0.4) is 0 Å². The fourth-order valence-corrected chi connectivity index (χ4v) is 1.66. The van der Waals surface area contributed by atoms with Gasteiger partial charge in [0.1, 0.15) is 0 Å². The van der Waals surface area contributed by atoms with Crippen LogP contribution in [-0.2, 0) is 4.74 Å². The van der Waals surface area contributed by atoms with Gasteiger partial charge in [0.2, 0.25) is 0 Å². The van der Waals surface area contributed by atoms with E-state index in [9.17, 15) is 0 Å². The second-order valence-corrected chi connectivity index (χ2v) is 3.60. The van der Waals surface area contributed by atoms with E-state index in [0.29, 0.717) is 5.85 Å². The average molecular weight is 163 g/mol. The molecule has 10 heavy (non-hydrogen) atoms. The van der Waals surface area contributed by atoms with E-state index >= 15 is 0 Å². The van der Waals surface area contributed by atoms with E-state index < -0.39 is 0 Å². The molecule has 0 saturated carbocycles. The molecule has 0 bridgehead atoms. The zero-order valence-electron chi connectivity index (χ0n) is 6.13. The maximum atomic E-state index is 8.74. The molecular formula is C6H14NO2P. The zero-order chi connectivity index (χ0) is 7.40.